The van der Waals surface area contributed by atoms with Gasteiger partial charge in [0.1, 0.15) is 6.61 Å². The zero-order chi connectivity index (χ0) is 24.0. The molecule has 34 heavy (non-hydrogen) atoms. The third kappa shape index (κ3) is 3.71. The van der Waals surface area contributed by atoms with Crippen molar-refractivity contribution in [3.8, 4) is 0 Å². The maximum atomic E-state index is 13.7. The molecular weight excluding hydrogens is 450 g/mol. The Hall–Kier alpha value is -3.10. The van der Waals surface area contributed by atoms with Crippen LogP contribution in [0.5, 0.6) is 0 Å². The number of benzene rings is 3. The lowest BCUT2D eigenvalue weighted by molar-refractivity contribution is 0.135. The third-order valence-corrected chi connectivity index (χ3v) is 8.81. The molecule has 2 aliphatic heterocycles. The number of cyclic esters (lactones) is 1. The number of hydrogen-bond acceptors (Lipinski definition) is 5. The quantitative estimate of drug-likeness (QED) is 0.550. The number of para-hydroxylation sites is 1. The number of piperidine rings is 1. The van der Waals surface area contributed by atoms with Crippen molar-refractivity contribution < 1.29 is 17.9 Å². The summed E-state index contributed by atoms with van der Waals surface area (Å²) in [6.07, 6.45) is 0.749. The molecule has 0 bridgehead atoms. The number of sulfonamides is 1. The van der Waals surface area contributed by atoms with E-state index in [1.807, 2.05) is 68.4 Å². The Morgan fingerprint density at radius 1 is 0.941 bits per heavy atom. The molecule has 0 unspecified atom stereocenters. The minimum absolute atomic E-state index is 0.105. The molecule has 1 fully saturated rings. The molecule has 2 aliphatic rings. The van der Waals surface area contributed by atoms with Crippen LogP contribution in [0.25, 0.3) is 10.8 Å². The lowest BCUT2D eigenvalue weighted by Gasteiger charge is -2.40. The van der Waals surface area contributed by atoms with Gasteiger partial charge in [-0.15, -0.1) is 0 Å². The zero-order valence-corrected chi connectivity index (χ0v) is 20.5. The van der Waals surface area contributed by atoms with Crippen molar-refractivity contribution in [2.45, 2.75) is 37.3 Å². The number of hydrogen-bond donors (Lipinski definition) is 0. The second-order valence-corrected chi connectivity index (χ2v) is 11.1. The number of carbonyl (C=O) groups is 1. The molecule has 0 atom stereocenters. The first-order valence-electron chi connectivity index (χ1n) is 11.5. The molecule has 1 amide bonds. The Kier molecular flexibility index (Phi) is 5.73. The first kappa shape index (κ1) is 22.7. The Balaban J connectivity index is 1.42. The van der Waals surface area contributed by atoms with Crippen molar-refractivity contribution in [3.05, 3.63) is 65.7 Å². The van der Waals surface area contributed by atoms with Gasteiger partial charge < -0.3 is 9.64 Å². The fourth-order valence-corrected chi connectivity index (χ4v) is 6.85. The van der Waals surface area contributed by atoms with Crippen LogP contribution in [-0.2, 0) is 21.4 Å². The van der Waals surface area contributed by atoms with Crippen molar-refractivity contribution in [1.29, 1.82) is 0 Å². The van der Waals surface area contributed by atoms with Crippen LogP contribution in [0.4, 0.5) is 16.2 Å². The summed E-state index contributed by atoms with van der Waals surface area (Å²) in [6.45, 7) is 2.96. The Bertz CT molecular complexity index is 1360. The predicted octanol–water partition coefficient (Wildman–Crippen LogP) is 4.52. The van der Waals surface area contributed by atoms with E-state index < -0.39 is 10.0 Å². The van der Waals surface area contributed by atoms with Crippen LogP contribution < -0.4 is 9.80 Å². The monoisotopic (exact) mass is 479 g/mol. The van der Waals surface area contributed by atoms with E-state index in [0.717, 1.165) is 33.3 Å². The molecule has 0 saturated carbocycles. The first-order chi connectivity index (χ1) is 16.3. The molecule has 0 spiro atoms. The van der Waals surface area contributed by atoms with E-state index in [2.05, 4.69) is 0 Å². The van der Waals surface area contributed by atoms with Crippen LogP contribution in [0, 0.1) is 6.92 Å². The van der Waals surface area contributed by atoms with E-state index in [1.165, 1.54) is 0 Å². The summed E-state index contributed by atoms with van der Waals surface area (Å²) in [4.78, 5) is 16.8. The van der Waals surface area contributed by atoms with E-state index in [4.69, 9.17) is 4.74 Å². The second-order valence-electron chi connectivity index (χ2n) is 9.17. The highest BCUT2D eigenvalue weighted by Gasteiger charge is 2.38. The van der Waals surface area contributed by atoms with Crippen LogP contribution in [0.2, 0.25) is 0 Å². The molecule has 7 nitrogen and oxygen atoms in total. The average Bonchev–Trinajstić information content (AvgIpc) is 2.83. The molecule has 0 aromatic heterocycles. The highest BCUT2D eigenvalue weighted by molar-refractivity contribution is 7.89. The van der Waals surface area contributed by atoms with Crippen molar-refractivity contribution in [2.75, 3.05) is 37.0 Å². The van der Waals surface area contributed by atoms with Crippen LogP contribution in [0.15, 0.2) is 59.5 Å². The van der Waals surface area contributed by atoms with Gasteiger partial charge in [-0.25, -0.2) is 13.2 Å². The van der Waals surface area contributed by atoms with Gasteiger partial charge in [-0.1, -0.05) is 42.5 Å². The van der Waals surface area contributed by atoms with E-state index in [9.17, 15) is 13.2 Å². The molecule has 5 rings (SSSR count). The topological polar surface area (TPSA) is 70.2 Å². The largest absolute Gasteiger partial charge is 0.444 e. The van der Waals surface area contributed by atoms with E-state index >= 15 is 0 Å². The second kappa shape index (κ2) is 8.60. The average molecular weight is 480 g/mol. The predicted molar refractivity (Wildman–Crippen MR) is 134 cm³/mol. The van der Waals surface area contributed by atoms with Crippen LogP contribution in [-0.4, -0.2) is 52.0 Å². The molecule has 3 aromatic carbocycles. The van der Waals surface area contributed by atoms with Gasteiger partial charge in [0.2, 0.25) is 10.0 Å². The number of ether oxygens (including phenoxy) is 1. The molecule has 2 heterocycles. The Morgan fingerprint density at radius 3 is 2.35 bits per heavy atom. The number of amides is 1. The summed E-state index contributed by atoms with van der Waals surface area (Å²) in [6, 6.07) is 17.0. The smallest absolute Gasteiger partial charge is 0.414 e. The first-order valence-corrected chi connectivity index (χ1v) is 13.0. The van der Waals surface area contributed by atoms with Crippen molar-refractivity contribution in [1.82, 2.24) is 4.31 Å². The highest BCUT2D eigenvalue weighted by atomic mass is 32.2. The third-order valence-electron chi connectivity index (χ3n) is 6.86. The van der Waals surface area contributed by atoms with Gasteiger partial charge in [0.25, 0.3) is 0 Å². The minimum atomic E-state index is -3.69. The fourth-order valence-electron chi connectivity index (χ4n) is 5.17. The normalized spacial score (nSPS) is 17.5. The summed E-state index contributed by atoms with van der Waals surface area (Å²) in [5.41, 5.74) is 3.90. The Labute approximate surface area is 200 Å². The number of carbonyl (C=O) groups excluding carboxylic acids is 1. The lowest BCUT2D eigenvalue weighted by Crippen LogP contribution is -2.50. The standard InChI is InChI=1S/C26H29N3O4S/c1-18-7-4-8-19-17-33-26(30)29(25(18)19)20-13-15-28(16-14-20)34(31,32)24-12-6-9-21-22(24)10-5-11-23(21)27(2)3/h4-12,20H,13-17H2,1-3H3. The van der Waals surface area contributed by atoms with Gasteiger partial charge in [0.15, 0.2) is 0 Å². The fraction of sp³-hybridized carbons (Fsp3) is 0.346. The highest BCUT2D eigenvalue weighted by Crippen LogP contribution is 2.36. The van der Waals surface area contributed by atoms with Gasteiger partial charge in [0.05, 0.1) is 10.6 Å². The van der Waals surface area contributed by atoms with E-state index in [-0.39, 0.29) is 18.7 Å². The van der Waals surface area contributed by atoms with Gasteiger partial charge in [-0.3, -0.25) is 4.90 Å². The Morgan fingerprint density at radius 2 is 1.62 bits per heavy atom. The SMILES string of the molecule is Cc1cccc2c1N(C1CCN(S(=O)(=O)c3cccc4c(N(C)C)cccc34)CC1)C(=O)OC2. The van der Waals surface area contributed by atoms with E-state index in [1.54, 1.807) is 21.3 Å². The van der Waals surface area contributed by atoms with Crippen LogP contribution in [0.1, 0.15) is 24.0 Å². The summed E-state index contributed by atoms with van der Waals surface area (Å²) < 4.78 is 34.3. The number of aryl methyl sites for hydroxylation is 1. The molecule has 3 aromatic rings. The van der Waals surface area contributed by atoms with Crippen LogP contribution in [0.3, 0.4) is 0 Å². The van der Waals surface area contributed by atoms with Crippen molar-refractivity contribution >= 4 is 38.3 Å². The van der Waals surface area contributed by atoms with Crippen molar-refractivity contribution in [2.24, 2.45) is 0 Å². The summed E-state index contributed by atoms with van der Waals surface area (Å²) in [7, 11) is 0.214. The summed E-state index contributed by atoms with van der Waals surface area (Å²) >= 11 is 0. The molecule has 1 saturated heterocycles. The van der Waals surface area contributed by atoms with Crippen molar-refractivity contribution in [3.63, 3.8) is 0 Å². The molecular formula is C26H29N3O4S. The molecule has 8 heteroatoms. The van der Waals surface area contributed by atoms with Crippen LogP contribution >= 0.6 is 0 Å². The molecule has 0 aliphatic carbocycles. The van der Waals surface area contributed by atoms with Gasteiger partial charge >= 0.3 is 6.09 Å². The maximum absolute atomic E-state index is 13.7. The minimum Gasteiger partial charge on any atom is -0.444 e. The summed E-state index contributed by atoms with van der Waals surface area (Å²) in [5, 5.41) is 1.63. The summed E-state index contributed by atoms with van der Waals surface area (Å²) in [5.74, 6) is 0. The molecule has 0 N–H and O–H groups in total. The zero-order valence-electron chi connectivity index (χ0n) is 19.7. The maximum Gasteiger partial charge on any atom is 0.414 e. The number of rotatable bonds is 4. The number of fused-ring (bicyclic) bond motifs is 2. The number of nitrogens with zero attached hydrogens (tertiary/aromatic N) is 3. The molecule has 0 radical (unpaired) electrons. The van der Waals surface area contributed by atoms with Gasteiger partial charge in [-0.2, -0.15) is 4.31 Å². The number of anilines is 2. The molecule has 178 valence electrons. The van der Waals surface area contributed by atoms with E-state index in [0.29, 0.717) is 30.8 Å². The van der Waals surface area contributed by atoms with Gasteiger partial charge in [0, 0.05) is 55.2 Å². The lowest BCUT2D eigenvalue weighted by atomic mass is 10.00. The van der Waals surface area contributed by atoms with Gasteiger partial charge in [-0.05, 0) is 37.5 Å².